The average molecular weight is 258 g/mol. The molecule has 3 rings (SSSR count). The largest absolute Gasteiger partial charge is 0.306 e. The van der Waals surface area contributed by atoms with Crippen LogP contribution in [0.15, 0.2) is 24.3 Å². The van der Waals surface area contributed by atoms with Crippen molar-refractivity contribution in [2.75, 3.05) is 26.7 Å². The lowest BCUT2D eigenvalue weighted by Crippen LogP contribution is -2.39. The zero-order valence-electron chi connectivity index (χ0n) is 11.1. The number of imide groups is 1. The predicted octanol–water partition coefficient (Wildman–Crippen LogP) is 1.62. The van der Waals surface area contributed by atoms with Crippen LogP contribution in [0.4, 0.5) is 0 Å². The summed E-state index contributed by atoms with van der Waals surface area (Å²) in [6, 6.07) is 7.10. The van der Waals surface area contributed by atoms with Crippen LogP contribution in [0.1, 0.15) is 33.6 Å². The van der Waals surface area contributed by atoms with Gasteiger partial charge in [0.05, 0.1) is 11.1 Å². The van der Waals surface area contributed by atoms with Gasteiger partial charge in [-0.3, -0.25) is 14.5 Å². The average Bonchev–Trinajstić information content (AvgIpc) is 2.67. The number of hydrogen-bond acceptors (Lipinski definition) is 3. The zero-order valence-corrected chi connectivity index (χ0v) is 11.1. The quantitative estimate of drug-likeness (QED) is 0.757. The van der Waals surface area contributed by atoms with Gasteiger partial charge in [-0.15, -0.1) is 0 Å². The Labute approximate surface area is 113 Å². The van der Waals surface area contributed by atoms with E-state index >= 15 is 0 Å². The molecule has 100 valence electrons. The summed E-state index contributed by atoms with van der Waals surface area (Å²) in [6.07, 6.45) is 2.12. The Morgan fingerprint density at radius 2 is 1.58 bits per heavy atom. The van der Waals surface area contributed by atoms with Gasteiger partial charge in [-0.1, -0.05) is 12.1 Å². The minimum atomic E-state index is -0.125. The Balaban J connectivity index is 1.74. The molecule has 4 nitrogen and oxygen atoms in total. The van der Waals surface area contributed by atoms with Crippen LogP contribution >= 0.6 is 0 Å². The summed E-state index contributed by atoms with van der Waals surface area (Å²) >= 11 is 0. The van der Waals surface area contributed by atoms with E-state index in [1.54, 1.807) is 12.1 Å². The first-order chi connectivity index (χ1) is 9.16. The minimum Gasteiger partial charge on any atom is -0.306 e. The molecule has 2 heterocycles. The summed E-state index contributed by atoms with van der Waals surface area (Å²) in [5, 5.41) is 0. The van der Waals surface area contributed by atoms with Crippen LogP contribution in [-0.4, -0.2) is 48.3 Å². The molecule has 0 N–H and O–H groups in total. The Hall–Kier alpha value is -1.68. The van der Waals surface area contributed by atoms with Crippen LogP contribution in [0.5, 0.6) is 0 Å². The number of rotatable bonds is 2. The van der Waals surface area contributed by atoms with Gasteiger partial charge in [0, 0.05) is 6.54 Å². The highest BCUT2D eigenvalue weighted by atomic mass is 16.2. The van der Waals surface area contributed by atoms with Crippen LogP contribution < -0.4 is 0 Å². The molecule has 1 saturated heterocycles. The fraction of sp³-hybridized carbons (Fsp3) is 0.467. The third kappa shape index (κ3) is 2.16. The van der Waals surface area contributed by atoms with Gasteiger partial charge in [0.2, 0.25) is 0 Å². The highest BCUT2D eigenvalue weighted by molar-refractivity contribution is 6.21. The fourth-order valence-corrected chi connectivity index (χ4v) is 2.91. The third-order valence-corrected chi connectivity index (χ3v) is 4.16. The molecular weight excluding hydrogens is 240 g/mol. The second-order valence-electron chi connectivity index (χ2n) is 5.51. The number of piperidine rings is 1. The normalized spacial score (nSPS) is 21.0. The first kappa shape index (κ1) is 12.4. The summed E-state index contributed by atoms with van der Waals surface area (Å²) in [4.78, 5) is 28.2. The molecule has 0 aromatic heterocycles. The SMILES string of the molecule is CN1CCC(CN2C(=O)c3ccccc3C2=O)CC1. The summed E-state index contributed by atoms with van der Waals surface area (Å²) in [7, 11) is 2.11. The first-order valence-electron chi connectivity index (χ1n) is 6.80. The number of amides is 2. The molecule has 0 atom stereocenters. The Kier molecular flexibility index (Phi) is 3.11. The molecule has 0 unspecified atom stereocenters. The number of carbonyl (C=O) groups excluding carboxylic acids is 2. The van der Waals surface area contributed by atoms with Crippen molar-refractivity contribution in [1.82, 2.24) is 9.80 Å². The highest BCUT2D eigenvalue weighted by Crippen LogP contribution is 2.25. The zero-order chi connectivity index (χ0) is 13.4. The molecular formula is C15H18N2O2. The van der Waals surface area contributed by atoms with E-state index in [9.17, 15) is 9.59 Å². The molecule has 0 saturated carbocycles. The minimum absolute atomic E-state index is 0.125. The fourth-order valence-electron chi connectivity index (χ4n) is 2.91. The monoisotopic (exact) mass is 258 g/mol. The first-order valence-corrected chi connectivity index (χ1v) is 6.80. The van der Waals surface area contributed by atoms with Crippen molar-refractivity contribution in [2.24, 2.45) is 5.92 Å². The number of hydrogen-bond donors (Lipinski definition) is 0. The molecule has 1 aromatic carbocycles. The third-order valence-electron chi connectivity index (χ3n) is 4.16. The number of fused-ring (bicyclic) bond motifs is 1. The van der Waals surface area contributed by atoms with Crippen molar-refractivity contribution in [3.05, 3.63) is 35.4 Å². The Morgan fingerprint density at radius 3 is 2.11 bits per heavy atom. The molecule has 1 aromatic rings. The summed E-state index contributed by atoms with van der Waals surface area (Å²) in [5.74, 6) is 0.192. The van der Waals surface area contributed by atoms with Gasteiger partial charge >= 0.3 is 0 Å². The van der Waals surface area contributed by atoms with Gasteiger partial charge < -0.3 is 4.90 Å². The Morgan fingerprint density at radius 1 is 1.05 bits per heavy atom. The second kappa shape index (κ2) is 4.78. The maximum Gasteiger partial charge on any atom is 0.261 e. The molecule has 0 spiro atoms. The molecule has 2 aliphatic rings. The van der Waals surface area contributed by atoms with Gasteiger partial charge in [-0.05, 0) is 51.0 Å². The molecule has 1 fully saturated rings. The topological polar surface area (TPSA) is 40.6 Å². The number of nitrogens with zero attached hydrogens (tertiary/aromatic N) is 2. The van der Waals surface area contributed by atoms with Crippen molar-refractivity contribution in [1.29, 1.82) is 0 Å². The van der Waals surface area contributed by atoms with Gasteiger partial charge in [-0.25, -0.2) is 0 Å². The summed E-state index contributed by atoms with van der Waals surface area (Å²) in [6.45, 7) is 2.67. The molecule has 0 radical (unpaired) electrons. The molecule has 4 heteroatoms. The van der Waals surface area contributed by atoms with Crippen molar-refractivity contribution >= 4 is 11.8 Å². The van der Waals surface area contributed by atoms with Crippen LogP contribution in [0, 0.1) is 5.92 Å². The predicted molar refractivity (Wildman–Crippen MR) is 72.0 cm³/mol. The van der Waals surface area contributed by atoms with Crippen LogP contribution in [0.2, 0.25) is 0 Å². The van der Waals surface area contributed by atoms with E-state index in [-0.39, 0.29) is 11.8 Å². The molecule has 19 heavy (non-hydrogen) atoms. The standard InChI is InChI=1S/C15H18N2O2/c1-16-8-6-11(7-9-16)10-17-14(18)12-4-2-3-5-13(12)15(17)19/h2-5,11H,6-10H2,1H3. The smallest absolute Gasteiger partial charge is 0.261 e. The summed E-state index contributed by atoms with van der Waals surface area (Å²) in [5.41, 5.74) is 1.11. The summed E-state index contributed by atoms with van der Waals surface area (Å²) < 4.78 is 0. The van der Waals surface area contributed by atoms with Crippen molar-refractivity contribution in [3.8, 4) is 0 Å². The van der Waals surface area contributed by atoms with Crippen LogP contribution in [0.3, 0.4) is 0 Å². The maximum atomic E-state index is 12.2. The molecule has 0 bridgehead atoms. The van der Waals surface area contributed by atoms with E-state index in [1.807, 2.05) is 12.1 Å². The van der Waals surface area contributed by atoms with E-state index < -0.39 is 0 Å². The maximum absolute atomic E-state index is 12.2. The van der Waals surface area contributed by atoms with Gasteiger partial charge in [0.1, 0.15) is 0 Å². The van der Waals surface area contributed by atoms with Crippen LogP contribution in [-0.2, 0) is 0 Å². The van der Waals surface area contributed by atoms with Crippen LogP contribution in [0.25, 0.3) is 0 Å². The van der Waals surface area contributed by atoms with Gasteiger partial charge in [0.25, 0.3) is 11.8 Å². The van der Waals surface area contributed by atoms with Crippen molar-refractivity contribution < 1.29 is 9.59 Å². The van der Waals surface area contributed by atoms with Gasteiger partial charge in [0.15, 0.2) is 0 Å². The molecule has 2 amide bonds. The number of likely N-dealkylation sites (tertiary alicyclic amines) is 1. The second-order valence-corrected chi connectivity index (χ2v) is 5.51. The number of benzene rings is 1. The molecule has 2 aliphatic heterocycles. The van der Waals surface area contributed by atoms with E-state index in [0.29, 0.717) is 23.6 Å². The van der Waals surface area contributed by atoms with E-state index in [2.05, 4.69) is 11.9 Å². The lowest BCUT2D eigenvalue weighted by molar-refractivity contribution is 0.0604. The Bertz CT molecular complexity index is 484. The molecule has 0 aliphatic carbocycles. The lowest BCUT2D eigenvalue weighted by atomic mass is 9.96. The highest BCUT2D eigenvalue weighted by Gasteiger charge is 2.36. The van der Waals surface area contributed by atoms with Gasteiger partial charge in [-0.2, -0.15) is 0 Å². The van der Waals surface area contributed by atoms with E-state index in [1.165, 1.54) is 4.90 Å². The van der Waals surface area contributed by atoms with Crippen molar-refractivity contribution in [3.63, 3.8) is 0 Å². The van der Waals surface area contributed by atoms with E-state index in [4.69, 9.17) is 0 Å². The number of carbonyl (C=O) groups is 2. The lowest BCUT2D eigenvalue weighted by Gasteiger charge is -2.30. The van der Waals surface area contributed by atoms with E-state index in [0.717, 1.165) is 25.9 Å². The van der Waals surface area contributed by atoms with Crippen molar-refractivity contribution in [2.45, 2.75) is 12.8 Å².